The molecule has 0 saturated heterocycles. The molecule has 0 aromatic heterocycles. The number of hydrogen-bond donors (Lipinski definition) is 0. The van der Waals surface area contributed by atoms with Gasteiger partial charge < -0.3 is 9.64 Å². The molecule has 0 amide bonds. The molecule has 104 valence electrons. The molecule has 0 radical (unpaired) electrons. The molecule has 6 heteroatoms. The van der Waals surface area contributed by atoms with Crippen molar-refractivity contribution in [1.82, 2.24) is 0 Å². The maximum absolute atomic E-state index is 11.4. The van der Waals surface area contributed by atoms with E-state index in [2.05, 4.69) is 4.74 Å². The lowest BCUT2D eigenvalue weighted by molar-refractivity contribution is -0.384. The van der Waals surface area contributed by atoms with E-state index in [-0.39, 0.29) is 17.6 Å². The smallest absolute Gasteiger partial charge is 0.310 e. The van der Waals surface area contributed by atoms with E-state index in [9.17, 15) is 14.9 Å². The average Bonchev–Trinajstić information content (AvgIpc) is 2.37. The lowest BCUT2D eigenvalue weighted by Crippen LogP contribution is -2.29. The third kappa shape index (κ3) is 3.67. The first-order valence-corrected chi connectivity index (χ1v) is 5.90. The summed E-state index contributed by atoms with van der Waals surface area (Å²) >= 11 is 0. The molecule has 1 aromatic rings. The Morgan fingerprint density at radius 2 is 2.16 bits per heavy atom. The number of aryl methyl sites for hydroxylation is 1. The second-order valence-electron chi connectivity index (χ2n) is 4.53. The van der Waals surface area contributed by atoms with Crippen molar-refractivity contribution < 1.29 is 14.5 Å². The standard InChI is InChI=1S/C13H18N2O4/c1-9-5-6-11(15(17)18)7-12(9)14(3)8-10(2)13(16)19-4/h5-7,10H,8H2,1-4H3. The van der Waals surface area contributed by atoms with Crippen LogP contribution in [0, 0.1) is 23.0 Å². The minimum atomic E-state index is -0.430. The van der Waals surface area contributed by atoms with Gasteiger partial charge in [0, 0.05) is 31.4 Å². The maximum atomic E-state index is 11.4. The number of nitro benzene ring substituents is 1. The fourth-order valence-electron chi connectivity index (χ4n) is 1.91. The van der Waals surface area contributed by atoms with E-state index in [1.54, 1.807) is 20.0 Å². The van der Waals surface area contributed by atoms with E-state index in [4.69, 9.17) is 0 Å². The van der Waals surface area contributed by atoms with E-state index in [1.807, 2.05) is 11.8 Å². The Morgan fingerprint density at radius 1 is 1.53 bits per heavy atom. The van der Waals surface area contributed by atoms with E-state index >= 15 is 0 Å². The Morgan fingerprint density at radius 3 is 2.68 bits per heavy atom. The summed E-state index contributed by atoms with van der Waals surface area (Å²) in [6.07, 6.45) is 0. The topological polar surface area (TPSA) is 72.7 Å². The quantitative estimate of drug-likeness (QED) is 0.464. The van der Waals surface area contributed by atoms with Gasteiger partial charge in [0.2, 0.25) is 0 Å². The van der Waals surface area contributed by atoms with Crippen LogP contribution in [0.15, 0.2) is 18.2 Å². The highest BCUT2D eigenvalue weighted by atomic mass is 16.6. The minimum absolute atomic E-state index is 0.0400. The first kappa shape index (κ1) is 14.9. The molecule has 1 atom stereocenters. The molecule has 0 aliphatic heterocycles. The van der Waals surface area contributed by atoms with Crippen molar-refractivity contribution in [2.24, 2.45) is 5.92 Å². The molecule has 0 saturated carbocycles. The maximum Gasteiger partial charge on any atom is 0.310 e. The lowest BCUT2D eigenvalue weighted by atomic mass is 10.1. The van der Waals surface area contributed by atoms with Crippen LogP contribution in [0.4, 0.5) is 11.4 Å². The summed E-state index contributed by atoms with van der Waals surface area (Å²) in [5.74, 6) is -0.594. The predicted molar refractivity (Wildman–Crippen MR) is 72.3 cm³/mol. The van der Waals surface area contributed by atoms with Crippen molar-refractivity contribution in [3.8, 4) is 0 Å². The predicted octanol–water partition coefficient (Wildman–Crippen LogP) is 2.15. The number of carbonyl (C=O) groups excluding carboxylic acids is 1. The lowest BCUT2D eigenvalue weighted by Gasteiger charge is -2.23. The van der Waals surface area contributed by atoms with Crippen LogP contribution in [0.3, 0.4) is 0 Å². The number of non-ortho nitro benzene ring substituents is 1. The Balaban J connectivity index is 2.92. The summed E-state index contributed by atoms with van der Waals surface area (Å²) in [4.78, 5) is 23.6. The van der Waals surface area contributed by atoms with Gasteiger partial charge in [-0.25, -0.2) is 0 Å². The van der Waals surface area contributed by atoms with Crippen molar-refractivity contribution in [1.29, 1.82) is 0 Å². The van der Waals surface area contributed by atoms with Crippen LogP contribution < -0.4 is 4.90 Å². The number of hydrogen-bond acceptors (Lipinski definition) is 5. The Labute approximate surface area is 112 Å². The molecular formula is C13H18N2O4. The van der Waals surface area contributed by atoms with Gasteiger partial charge in [-0.05, 0) is 12.5 Å². The van der Waals surface area contributed by atoms with Gasteiger partial charge in [0.25, 0.3) is 5.69 Å². The zero-order valence-electron chi connectivity index (χ0n) is 11.5. The third-order valence-electron chi connectivity index (χ3n) is 2.97. The number of carbonyl (C=O) groups is 1. The first-order valence-electron chi connectivity index (χ1n) is 5.90. The summed E-state index contributed by atoms with van der Waals surface area (Å²) in [5, 5.41) is 10.8. The normalized spacial score (nSPS) is 11.8. The molecule has 0 bridgehead atoms. The molecule has 0 aliphatic rings. The van der Waals surface area contributed by atoms with Crippen molar-refractivity contribution in [2.45, 2.75) is 13.8 Å². The third-order valence-corrected chi connectivity index (χ3v) is 2.97. The van der Waals surface area contributed by atoms with Crippen LogP contribution in [-0.4, -0.2) is 31.6 Å². The fraction of sp³-hybridized carbons (Fsp3) is 0.462. The van der Waals surface area contributed by atoms with Gasteiger partial charge in [-0.3, -0.25) is 14.9 Å². The number of methoxy groups -OCH3 is 1. The van der Waals surface area contributed by atoms with Crippen molar-refractivity contribution in [3.63, 3.8) is 0 Å². The zero-order valence-corrected chi connectivity index (χ0v) is 11.5. The van der Waals surface area contributed by atoms with Crippen LogP contribution in [0.1, 0.15) is 12.5 Å². The summed E-state index contributed by atoms with van der Waals surface area (Å²) in [7, 11) is 3.14. The summed E-state index contributed by atoms with van der Waals surface area (Å²) in [6.45, 7) is 4.07. The highest BCUT2D eigenvalue weighted by Gasteiger charge is 2.18. The van der Waals surface area contributed by atoms with Crippen LogP contribution in [-0.2, 0) is 9.53 Å². The van der Waals surface area contributed by atoms with Crippen LogP contribution >= 0.6 is 0 Å². The summed E-state index contributed by atoms with van der Waals surface area (Å²) in [5.41, 5.74) is 1.70. The number of benzene rings is 1. The van der Waals surface area contributed by atoms with Gasteiger partial charge in [0.15, 0.2) is 0 Å². The molecule has 0 aliphatic carbocycles. The van der Waals surface area contributed by atoms with E-state index < -0.39 is 4.92 Å². The highest BCUT2D eigenvalue weighted by Crippen LogP contribution is 2.25. The molecule has 0 heterocycles. The molecule has 1 unspecified atom stereocenters. The van der Waals surface area contributed by atoms with Crippen molar-refractivity contribution >= 4 is 17.3 Å². The molecule has 19 heavy (non-hydrogen) atoms. The number of ether oxygens (including phenoxy) is 1. The van der Waals surface area contributed by atoms with E-state index in [0.717, 1.165) is 11.3 Å². The molecule has 1 rings (SSSR count). The Kier molecular flexibility index (Phi) is 4.86. The number of nitrogens with zero attached hydrogens (tertiary/aromatic N) is 2. The molecular weight excluding hydrogens is 248 g/mol. The number of anilines is 1. The van der Waals surface area contributed by atoms with Gasteiger partial charge in [-0.2, -0.15) is 0 Å². The zero-order chi connectivity index (χ0) is 14.6. The van der Waals surface area contributed by atoms with E-state index in [0.29, 0.717) is 6.54 Å². The van der Waals surface area contributed by atoms with Crippen LogP contribution in [0.5, 0.6) is 0 Å². The number of rotatable bonds is 5. The SMILES string of the molecule is COC(=O)C(C)CN(C)c1cc([N+](=O)[O-])ccc1C. The van der Waals surface area contributed by atoms with Gasteiger partial charge in [0.1, 0.15) is 0 Å². The van der Waals surface area contributed by atoms with Crippen molar-refractivity contribution in [3.05, 3.63) is 33.9 Å². The molecule has 6 nitrogen and oxygen atoms in total. The largest absolute Gasteiger partial charge is 0.469 e. The van der Waals surface area contributed by atoms with Gasteiger partial charge in [0.05, 0.1) is 18.0 Å². The molecule has 0 spiro atoms. The first-order chi connectivity index (χ1) is 8.86. The molecule has 0 fully saturated rings. The minimum Gasteiger partial charge on any atom is -0.469 e. The Bertz CT molecular complexity index is 488. The highest BCUT2D eigenvalue weighted by molar-refractivity contribution is 5.73. The fourth-order valence-corrected chi connectivity index (χ4v) is 1.91. The average molecular weight is 266 g/mol. The van der Waals surface area contributed by atoms with Crippen LogP contribution in [0.2, 0.25) is 0 Å². The van der Waals surface area contributed by atoms with E-state index in [1.165, 1.54) is 19.2 Å². The van der Waals surface area contributed by atoms with Gasteiger partial charge in [-0.15, -0.1) is 0 Å². The number of esters is 1. The summed E-state index contributed by atoms with van der Waals surface area (Å²) < 4.78 is 4.67. The molecule has 0 N–H and O–H groups in total. The van der Waals surface area contributed by atoms with Crippen LogP contribution in [0.25, 0.3) is 0 Å². The second kappa shape index (κ2) is 6.17. The Hall–Kier alpha value is -2.11. The second-order valence-corrected chi connectivity index (χ2v) is 4.53. The van der Waals surface area contributed by atoms with Gasteiger partial charge in [-0.1, -0.05) is 13.0 Å². The van der Waals surface area contributed by atoms with Crippen molar-refractivity contribution in [2.75, 3.05) is 25.6 Å². The molecule has 1 aromatic carbocycles. The summed E-state index contributed by atoms with van der Waals surface area (Å²) in [6, 6.07) is 4.68. The van der Waals surface area contributed by atoms with Gasteiger partial charge >= 0.3 is 5.97 Å². The monoisotopic (exact) mass is 266 g/mol. The number of nitro groups is 1.